The van der Waals surface area contributed by atoms with Crippen LogP contribution in [0.4, 0.5) is 23.5 Å². The van der Waals surface area contributed by atoms with Gasteiger partial charge in [0.05, 0.1) is 59.2 Å². The molecule has 10 atom stereocenters. The monoisotopic (exact) mass is 1820 g/mol. The first-order chi connectivity index (χ1) is 60.8. The van der Waals surface area contributed by atoms with E-state index in [4.69, 9.17) is 101 Å². The van der Waals surface area contributed by atoms with Crippen molar-refractivity contribution in [2.75, 3.05) is 81.7 Å². The molecule has 6 heterocycles. The van der Waals surface area contributed by atoms with Crippen LogP contribution in [0.25, 0.3) is 22.3 Å². The molecule has 7 aromatic carbocycles. The second-order valence-corrected chi connectivity index (χ2v) is 45.7. The van der Waals surface area contributed by atoms with Crippen LogP contribution in [-0.4, -0.2) is 181 Å². The number of fused-ring (bicyclic) bond motifs is 2. The third-order valence-corrected chi connectivity index (χ3v) is 33.6. The average Bonchev–Trinajstić information content (AvgIpc) is 1.70. The Balaban J connectivity index is 0.938. The summed E-state index contributed by atoms with van der Waals surface area (Å²) in [6, 6.07) is 61.2. The SMILES string of the molecule is COc1ccc(C(OC[C@H]2O[C@@H](n3cnc4c(NC(=O)COc5ccccc5)nc(NC(=O)COc5ccccc5)nc43)[C@H](O[Si](C)(C)C(C)(C)C)[C@@H]2OP(=S)(OCCC#N)OC[C@H]2O[C@@H](n3cnc4c(NC(=O)COc5ccccc5)nc(NC(=O)COc5ccccc5)nc43)[C@H](O[Si](C)(C)C(C)(C)C)[C@@H]2O[P+](=O)O)(c2ccccc2)c2ccc(OC)cc2)cc1. The Hall–Kier alpha value is -11.4. The number of benzene rings is 7. The van der Waals surface area contributed by atoms with Crippen LogP contribution in [0.3, 0.4) is 0 Å². The smallest absolute Gasteiger partial charge is 0.497 e. The van der Waals surface area contributed by atoms with E-state index >= 15 is 0 Å². The van der Waals surface area contributed by atoms with Gasteiger partial charge in [0.1, 0.15) is 70.6 Å². The minimum Gasteiger partial charge on any atom is -0.497 e. The number of imidazole rings is 2. The van der Waals surface area contributed by atoms with Gasteiger partial charge in [0.15, 0.2) is 95.6 Å². The summed E-state index contributed by atoms with van der Waals surface area (Å²) < 4.78 is 116. The number of aromatic nitrogens is 8. The van der Waals surface area contributed by atoms with Gasteiger partial charge < -0.3 is 71.2 Å². The van der Waals surface area contributed by atoms with Crippen LogP contribution < -0.4 is 49.7 Å². The maximum absolute atomic E-state index is 14.2. The average molecular weight is 1830 g/mol. The molecule has 666 valence electrons. The first-order valence-corrected chi connectivity index (χ1v) is 50.2. The van der Waals surface area contributed by atoms with Gasteiger partial charge in [0, 0.05) is 4.57 Å². The van der Waals surface area contributed by atoms with Gasteiger partial charge in [0.2, 0.25) is 11.9 Å². The van der Waals surface area contributed by atoms with Crippen molar-refractivity contribution >= 4 is 113 Å². The molecule has 2 saturated heterocycles. The van der Waals surface area contributed by atoms with E-state index in [0.717, 1.165) is 0 Å². The molecule has 2 aliphatic heterocycles. The Morgan fingerprint density at radius 3 is 1.23 bits per heavy atom. The van der Waals surface area contributed by atoms with Gasteiger partial charge >= 0.3 is 15.0 Å². The molecule has 0 saturated carbocycles. The highest BCUT2D eigenvalue weighted by atomic mass is 32.5. The molecule has 4 aromatic heterocycles. The number of carbonyl (C=O) groups is 4. The second-order valence-electron chi connectivity index (χ2n) is 32.5. The van der Waals surface area contributed by atoms with Crippen molar-refractivity contribution in [3.8, 4) is 40.6 Å². The molecule has 5 N–H and O–H groups in total. The van der Waals surface area contributed by atoms with E-state index in [-0.39, 0.29) is 58.9 Å². The van der Waals surface area contributed by atoms with E-state index in [1.807, 2.05) is 147 Å². The summed E-state index contributed by atoms with van der Waals surface area (Å²) in [7, 11) is -6.68. The Kier molecular flexibility index (Phi) is 30.2. The number of methoxy groups -OCH3 is 2. The van der Waals surface area contributed by atoms with E-state index in [1.165, 1.54) is 17.2 Å². The van der Waals surface area contributed by atoms with Crippen LogP contribution in [0, 0.1) is 11.3 Å². The molecule has 11 aromatic rings. The first kappa shape index (κ1) is 93.2. The molecule has 13 rings (SSSR count). The van der Waals surface area contributed by atoms with Gasteiger partial charge in [-0.1, -0.05) is 169 Å². The van der Waals surface area contributed by atoms with E-state index in [9.17, 15) is 33.9 Å². The Morgan fingerprint density at radius 1 is 0.496 bits per heavy atom. The molecule has 0 bridgehead atoms. The number of hydrogen-bond donors (Lipinski definition) is 5. The summed E-state index contributed by atoms with van der Waals surface area (Å²) in [5.74, 6) is -0.856. The predicted octanol–water partition coefficient (Wildman–Crippen LogP) is 14.9. The minimum absolute atomic E-state index is 0.00428. The summed E-state index contributed by atoms with van der Waals surface area (Å²) >= 11 is 6.72. The molecule has 0 radical (unpaired) electrons. The predicted molar refractivity (Wildman–Crippen MR) is 479 cm³/mol. The van der Waals surface area contributed by atoms with E-state index in [2.05, 4.69) is 37.3 Å². The molecule has 127 heavy (non-hydrogen) atoms. The summed E-state index contributed by atoms with van der Waals surface area (Å²) in [6.07, 6.45) is -8.82. The van der Waals surface area contributed by atoms with Crippen LogP contribution in [-0.2, 0) is 82.3 Å². The molecule has 4 amide bonds. The van der Waals surface area contributed by atoms with Crippen LogP contribution >= 0.6 is 15.0 Å². The van der Waals surface area contributed by atoms with Crippen LogP contribution in [0.1, 0.15) is 77.1 Å². The standard InChI is InChI=1S/C88H99N13O21P2SSi2/c1-86(2,3)126(9,10)121-76-74(119-123(106)107)67(118-82(76)100-55-90-72-78(92-68(102)51-110-62-31-20-14-21-32-62)96-84(98-80(72)100)94-70(104)53-112-64-35-24-16-25-36-64)50-116-124(125,115-48-28-47-89)120-75-66(49-114-88(57-29-18-13-19-30-57,58-39-43-60(108-7)44-40-58)59-41-45-61(109-8)46-42-59)117-83(77(75)122-127(11,12)87(4,5)6)101-56-91-73-79(93-69(103)52-111-63-33-22-15-23-34-63)97-85(99-81(73)101)95-71(105)54-113-65-37-26-17-27-38-65/h13-27,29-46,55-56,66-67,74-77,82-83H,28,48-54H2,1-12H3,(H4-,92,93,94,95,96,97,98,99,102,103,104,105,106,107)/p+1/t66-,67-,74-,75-,76-,77-,82-,83-,124?/m1/s1. The molecular formula is C88H100N13O21P2SSi2+. The van der Waals surface area contributed by atoms with Gasteiger partial charge in [-0.2, -0.15) is 25.2 Å². The first-order valence-electron chi connectivity index (χ1n) is 40.7. The van der Waals surface area contributed by atoms with Crippen molar-refractivity contribution in [3.63, 3.8) is 0 Å². The minimum atomic E-state index is -4.56. The Bertz CT molecular complexity index is 5670. The zero-order valence-corrected chi connectivity index (χ0v) is 76.5. The van der Waals surface area contributed by atoms with Crippen molar-refractivity contribution in [1.82, 2.24) is 39.0 Å². The highest BCUT2D eigenvalue weighted by Crippen LogP contribution is 2.57. The Morgan fingerprint density at radius 2 is 0.858 bits per heavy atom. The fourth-order valence-electron chi connectivity index (χ4n) is 13.5. The molecular weight excluding hydrogens is 1730 g/mol. The molecule has 2 aliphatic rings. The lowest BCUT2D eigenvalue weighted by molar-refractivity contribution is -0.119. The van der Waals surface area contributed by atoms with E-state index in [1.54, 1.807) is 140 Å². The molecule has 39 heteroatoms. The van der Waals surface area contributed by atoms with Crippen molar-refractivity contribution < 1.29 is 98.2 Å². The summed E-state index contributed by atoms with van der Waals surface area (Å²) in [5, 5.41) is 20.2. The topological polar surface area (TPSA) is 403 Å². The number of carbonyl (C=O) groups excluding carboxylic acids is 4. The fraction of sp³-hybridized carbons (Fsp3) is 0.352. The third-order valence-electron chi connectivity index (χ3n) is 21.9. The lowest BCUT2D eigenvalue weighted by atomic mass is 9.80. The number of anilines is 4. The van der Waals surface area contributed by atoms with Crippen LogP contribution in [0.5, 0.6) is 34.5 Å². The van der Waals surface area contributed by atoms with E-state index < -0.39 is 160 Å². The van der Waals surface area contributed by atoms with Gasteiger partial charge in [-0.15, -0.1) is 9.42 Å². The second kappa shape index (κ2) is 41.1. The van der Waals surface area contributed by atoms with Crippen molar-refractivity contribution in [1.29, 1.82) is 5.26 Å². The van der Waals surface area contributed by atoms with Crippen LogP contribution in [0.15, 0.2) is 213 Å². The maximum atomic E-state index is 14.2. The molecule has 0 spiro atoms. The number of hydrogen-bond acceptors (Lipinski definition) is 28. The molecule has 34 nitrogen and oxygen atoms in total. The van der Waals surface area contributed by atoms with Gasteiger partial charge in [-0.05, 0) is 138 Å². The summed E-state index contributed by atoms with van der Waals surface area (Å²) in [5.41, 5.74) is 0.381. The van der Waals surface area contributed by atoms with Crippen LogP contribution in [0.2, 0.25) is 36.3 Å². The number of nitrogens with zero attached hydrogens (tertiary/aromatic N) is 9. The lowest BCUT2D eigenvalue weighted by Crippen LogP contribution is -2.49. The van der Waals surface area contributed by atoms with Crippen molar-refractivity contribution in [2.24, 2.45) is 0 Å². The fourth-order valence-corrected chi connectivity index (χ4v) is 18.6. The highest BCUT2D eigenvalue weighted by Gasteiger charge is 2.58. The van der Waals surface area contributed by atoms with Crippen molar-refractivity contribution in [3.05, 3.63) is 230 Å². The Labute approximate surface area is 742 Å². The largest absolute Gasteiger partial charge is 0.695 e. The number of ether oxygens (including phenoxy) is 9. The third kappa shape index (κ3) is 23.0. The lowest BCUT2D eigenvalue weighted by Gasteiger charge is -2.41. The number of rotatable bonds is 40. The quantitative estimate of drug-likeness (QED) is 0.0103. The zero-order chi connectivity index (χ0) is 90.3. The summed E-state index contributed by atoms with van der Waals surface area (Å²) in [4.78, 5) is 95.8. The zero-order valence-electron chi connectivity index (χ0n) is 71.9. The molecule has 2 fully saturated rings. The number of nitriles is 1. The van der Waals surface area contributed by atoms with Gasteiger partial charge in [-0.25, -0.2) is 9.97 Å². The van der Waals surface area contributed by atoms with E-state index in [0.29, 0.717) is 51.2 Å². The summed E-state index contributed by atoms with van der Waals surface area (Å²) in [6.45, 7) is 12.2. The van der Waals surface area contributed by atoms with Gasteiger partial charge in [-0.3, -0.25) is 43.5 Å². The number of para-hydroxylation sites is 4. The number of nitrogens with one attached hydrogen (secondary N) is 4. The maximum Gasteiger partial charge on any atom is 0.695 e. The van der Waals surface area contributed by atoms with Crippen molar-refractivity contribution in [2.45, 2.75) is 139 Å². The number of amides is 4. The molecule has 0 aliphatic carbocycles. The highest BCUT2D eigenvalue weighted by molar-refractivity contribution is 8.07. The normalized spacial score (nSPS) is 18.4. The molecule has 2 unspecified atom stereocenters. The van der Waals surface area contributed by atoms with Gasteiger partial charge in [0.25, 0.3) is 23.6 Å².